The van der Waals surface area contributed by atoms with Gasteiger partial charge < -0.3 is 14.9 Å². The van der Waals surface area contributed by atoms with E-state index in [9.17, 15) is 19.4 Å². The number of hydrogen-bond donors (Lipinski definition) is 2. The number of ether oxygens (including phenoxy) is 1. The lowest BCUT2D eigenvalue weighted by molar-refractivity contribution is -0.144. The van der Waals surface area contributed by atoms with Crippen LogP contribution in [-0.4, -0.2) is 34.4 Å². The van der Waals surface area contributed by atoms with Gasteiger partial charge in [0.25, 0.3) is 0 Å². The molecule has 0 bridgehead atoms. The van der Waals surface area contributed by atoms with E-state index in [-0.39, 0.29) is 5.69 Å². The van der Waals surface area contributed by atoms with Gasteiger partial charge in [0.15, 0.2) is 0 Å². The number of carbonyl (C=O) groups excluding carboxylic acids is 1. The molecule has 1 aromatic heterocycles. The molecule has 0 aliphatic rings. The predicted octanol–water partition coefficient (Wildman–Crippen LogP) is 0.487. The number of methoxy groups -OCH3 is 1. The Hall–Kier alpha value is -1.53. The second-order valence-corrected chi connectivity index (χ2v) is 3.61. The summed E-state index contributed by atoms with van der Waals surface area (Å²) in [5.41, 5.74) is 0.229. The van der Waals surface area contributed by atoms with Crippen LogP contribution in [-0.2, 0) is 9.53 Å². The quantitative estimate of drug-likeness (QED) is 0.752. The number of halogens is 1. The monoisotopic (exact) mass is 243 g/mol. The van der Waals surface area contributed by atoms with Crippen molar-refractivity contribution in [2.45, 2.75) is 25.6 Å². The van der Waals surface area contributed by atoms with Crippen molar-refractivity contribution < 1.29 is 24.1 Å². The highest BCUT2D eigenvalue weighted by atomic mass is 19.1. The highest BCUT2D eigenvalue weighted by Crippen LogP contribution is 2.20. The smallest absolute Gasteiger partial charge is 0.308 e. The molecule has 0 amide bonds. The lowest BCUT2D eigenvalue weighted by Gasteiger charge is -2.17. The molecule has 1 heterocycles. The molecule has 0 saturated heterocycles. The lowest BCUT2D eigenvalue weighted by atomic mass is 10.1. The van der Waals surface area contributed by atoms with Crippen molar-refractivity contribution in [3.8, 4) is 0 Å². The Morgan fingerprint density at radius 3 is 2.76 bits per heavy atom. The summed E-state index contributed by atoms with van der Waals surface area (Å²) in [7, 11) is 1.16. The number of carbonyl (C=O) groups is 1. The topological polar surface area (TPSA) is 79.7 Å². The molecule has 0 aliphatic carbocycles. The van der Waals surface area contributed by atoms with Gasteiger partial charge in [0, 0.05) is 5.69 Å². The van der Waals surface area contributed by atoms with Crippen molar-refractivity contribution in [1.82, 2.24) is 4.98 Å². The van der Waals surface area contributed by atoms with Crippen molar-refractivity contribution in [3.05, 3.63) is 29.3 Å². The molecule has 0 aliphatic heterocycles. The van der Waals surface area contributed by atoms with Crippen LogP contribution in [0.1, 0.15) is 23.9 Å². The second kappa shape index (κ2) is 5.70. The van der Waals surface area contributed by atoms with E-state index in [1.165, 1.54) is 6.07 Å². The highest BCUT2D eigenvalue weighted by molar-refractivity contribution is 5.69. The van der Waals surface area contributed by atoms with Crippen LogP contribution < -0.4 is 0 Å². The standard InChI is InChI=1S/C11H14FNO4/c1-6-3-4-7(12)10(13-6)11(16)8(14)5-9(15)17-2/h3-4,8,11,14,16H,5H2,1-2H3. The van der Waals surface area contributed by atoms with E-state index in [1.807, 2.05) is 0 Å². The lowest BCUT2D eigenvalue weighted by Crippen LogP contribution is -2.24. The minimum atomic E-state index is -1.56. The van der Waals surface area contributed by atoms with Gasteiger partial charge >= 0.3 is 5.97 Å². The van der Waals surface area contributed by atoms with Gasteiger partial charge in [0.2, 0.25) is 0 Å². The molecule has 1 rings (SSSR count). The third-order valence-corrected chi connectivity index (χ3v) is 2.26. The summed E-state index contributed by atoms with van der Waals surface area (Å²) in [6.45, 7) is 1.63. The Morgan fingerprint density at radius 1 is 1.53 bits per heavy atom. The van der Waals surface area contributed by atoms with Crippen LogP contribution in [0.5, 0.6) is 0 Å². The number of aliphatic hydroxyl groups excluding tert-OH is 2. The molecule has 0 fully saturated rings. The molecule has 2 atom stereocenters. The molecular weight excluding hydrogens is 229 g/mol. The SMILES string of the molecule is COC(=O)CC(O)C(O)c1nc(C)ccc1F. The first kappa shape index (κ1) is 13.5. The van der Waals surface area contributed by atoms with Crippen LogP contribution >= 0.6 is 0 Å². The van der Waals surface area contributed by atoms with Gasteiger partial charge in [-0.1, -0.05) is 0 Å². The van der Waals surface area contributed by atoms with Gasteiger partial charge in [0.05, 0.1) is 19.6 Å². The Balaban J connectivity index is 2.84. The minimum Gasteiger partial charge on any atom is -0.469 e. The van der Waals surface area contributed by atoms with Gasteiger partial charge in [0.1, 0.15) is 17.6 Å². The number of aryl methyl sites for hydroxylation is 1. The van der Waals surface area contributed by atoms with Crippen LogP contribution in [0, 0.1) is 12.7 Å². The van der Waals surface area contributed by atoms with Gasteiger partial charge in [-0.25, -0.2) is 4.39 Å². The van der Waals surface area contributed by atoms with Crippen LogP contribution in [0.15, 0.2) is 12.1 Å². The molecule has 0 radical (unpaired) electrons. The fraction of sp³-hybridized carbons (Fsp3) is 0.455. The molecule has 94 valence electrons. The third-order valence-electron chi connectivity index (χ3n) is 2.26. The molecule has 0 aromatic carbocycles. The molecule has 5 nitrogen and oxygen atoms in total. The Kier molecular flexibility index (Phi) is 4.53. The maximum absolute atomic E-state index is 13.3. The summed E-state index contributed by atoms with van der Waals surface area (Å²) in [4.78, 5) is 14.7. The average Bonchev–Trinajstić information content (AvgIpc) is 2.31. The molecule has 0 spiro atoms. The molecule has 1 aromatic rings. The number of esters is 1. The van der Waals surface area contributed by atoms with Crippen molar-refractivity contribution in [2.24, 2.45) is 0 Å². The van der Waals surface area contributed by atoms with Gasteiger partial charge in [-0.15, -0.1) is 0 Å². The number of aromatic nitrogens is 1. The van der Waals surface area contributed by atoms with Crippen LogP contribution in [0.3, 0.4) is 0 Å². The summed E-state index contributed by atoms with van der Waals surface area (Å²) in [5, 5.41) is 19.2. The van der Waals surface area contributed by atoms with E-state index >= 15 is 0 Å². The maximum atomic E-state index is 13.3. The molecular formula is C11H14FNO4. The van der Waals surface area contributed by atoms with Crippen LogP contribution in [0.25, 0.3) is 0 Å². The summed E-state index contributed by atoms with van der Waals surface area (Å²) in [5.74, 6) is -1.42. The fourth-order valence-electron chi connectivity index (χ4n) is 1.32. The van der Waals surface area contributed by atoms with E-state index in [4.69, 9.17) is 0 Å². The normalized spacial score (nSPS) is 14.2. The first-order valence-electron chi connectivity index (χ1n) is 5.01. The van der Waals surface area contributed by atoms with Gasteiger partial charge in [-0.05, 0) is 19.1 Å². The van der Waals surface area contributed by atoms with Crippen molar-refractivity contribution in [2.75, 3.05) is 7.11 Å². The molecule has 0 saturated carbocycles. The molecule has 2 unspecified atom stereocenters. The summed E-state index contributed by atoms with van der Waals surface area (Å²) in [6.07, 6.45) is -3.44. The van der Waals surface area contributed by atoms with Gasteiger partial charge in [-0.3, -0.25) is 9.78 Å². The number of hydrogen-bond acceptors (Lipinski definition) is 5. The zero-order valence-electron chi connectivity index (χ0n) is 9.55. The Bertz CT molecular complexity index is 410. The highest BCUT2D eigenvalue weighted by Gasteiger charge is 2.25. The third kappa shape index (κ3) is 3.47. The number of rotatable bonds is 4. The summed E-state index contributed by atoms with van der Waals surface area (Å²) in [6, 6.07) is 2.59. The van der Waals surface area contributed by atoms with Crippen LogP contribution in [0.2, 0.25) is 0 Å². The second-order valence-electron chi connectivity index (χ2n) is 3.61. The molecule has 17 heavy (non-hydrogen) atoms. The Morgan fingerprint density at radius 2 is 2.18 bits per heavy atom. The first-order chi connectivity index (χ1) is 7.95. The van der Waals surface area contributed by atoms with E-state index in [1.54, 1.807) is 6.92 Å². The first-order valence-corrected chi connectivity index (χ1v) is 5.01. The number of nitrogens with zero attached hydrogens (tertiary/aromatic N) is 1. The number of aliphatic hydroxyl groups is 2. The van der Waals surface area contributed by atoms with Crippen molar-refractivity contribution >= 4 is 5.97 Å². The minimum absolute atomic E-state index is 0.276. The van der Waals surface area contributed by atoms with E-state index < -0.39 is 30.4 Å². The molecule has 6 heteroatoms. The fourth-order valence-corrected chi connectivity index (χ4v) is 1.32. The van der Waals surface area contributed by atoms with Crippen molar-refractivity contribution in [3.63, 3.8) is 0 Å². The zero-order chi connectivity index (χ0) is 13.0. The zero-order valence-corrected chi connectivity index (χ0v) is 9.55. The van der Waals surface area contributed by atoms with Crippen molar-refractivity contribution in [1.29, 1.82) is 0 Å². The number of pyridine rings is 1. The van der Waals surface area contributed by atoms with Crippen LogP contribution in [0.4, 0.5) is 4.39 Å². The average molecular weight is 243 g/mol. The van der Waals surface area contributed by atoms with E-state index in [0.717, 1.165) is 13.2 Å². The van der Waals surface area contributed by atoms with E-state index in [2.05, 4.69) is 9.72 Å². The Labute approximate surface area is 97.9 Å². The molecule has 2 N–H and O–H groups in total. The predicted molar refractivity (Wildman–Crippen MR) is 56.5 cm³/mol. The largest absolute Gasteiger partial charge is 0.469 e. The maximum Gasteiger partial charge on any atom is 0.308 e. The summed E-state index contributed by atoms with van der Waals surface area (Å²) < 4.78 is 17.7. The van der Waals surface area contributed by atoms with Gasteiger partial charge in [-0.2, -0.15) is 0 Å². The van der Waals surface area contributed by atoms with E-state index in [0.29, 0.717) is 5.69 Å². The summed E-state index contributed by atoms with van der Waals surface area (Å²) >= 11 is 0.